The Kier molecular flexibility index (Phi) is 6.35. The van der Waals surface area contributed by atoms with Crippen LogP contribution in [0.2, 0.25) is 0 Å². The van der Waals surface area contributed by atoms with Crippen molar-refractivity contribution in [3.05, 3.63) is 24.3 Å². The van der Waals surface area contributed by atoms with Crippen molar-refractivity contribution in [1.29, 1.82) is 0 Å². The minimum atomic E-state index is 0.0483. The number of ketones is 1. The summed E-state index contributed by atoms with van der Waals surface area (Å²) in [6.07, 6.45) is 7.02. The number of unbranched alkanes of at least 4 members (excludes halogenated alkanes) is 2. The van der Waals surface area contributed by atoms with Gasteiger partial charge in [0.1, 0.15) is 0 Å². The molecule has 0 spiro atoms. The van der Waals surface area contributed by atoms with Crippen LogP contribution >= 0.6 is 0 Å². The van der Waals surface area contributed by atoms with Gasteiger partial charge < -0.3 is 0 Å². The van der Waals surface area contributed by atoms with Gasteiger partial charge in [0.25, 0.3) is 0 Å². The summed E-state index contributed by atoms with van der Waals surface area (Å²) in [5.41, 5.74) is 1.34. The molecule has 1 radical (unpaired) electrons. The summed E-state index contributed by atoms with van der Waals surface area (Å²) >= 11 is 0. The van der Waals surface area contributed by atoms with Crippen molar-refractivity contribution < 1.29 is 4.79 Å². The molecule has 0 aromatic carbocycles. The van der Waals surface area contributed by atoms with Crippen LogP contribution in [0.15, 0.2) is 17.7 Å². The third-order valence-corrected chi connectivity index (χ3v) is 1.62. The van der Waals surface area contributed by atoms with E-state index in [9.17, 15) is 4.79 Å². The Morgan fingerprint density at radius 2 is 2.00 bits per heavy atom. The van der Waals surface area contributed by atoms with Gasteiger partial charge in [-0.2, -0.15) is 0 Å². The fraction of sp³-hybridized carbons (Fsp3) is 0.545. The first-order chi connectivity index (χ1) is 5.66. The van der Waals surface area contributed by atoms with Gasteiger partial charge in [0.15, 0.2) is 5.78 Å². The molecule has 0 heterocycles. The molecule has 0 aromatic rings. The molecule has 67 valence electrons. The van der Waals surface area contributed by atoms with Crippen LogP contribution in [0.1, 0.15) is 39.5 Å². The molecule has 0 N–H and O–H groups in total. The maximum absolute atomic E-state index is 10.7. The van der Waals surface area contributed by atoms with Gasteiger partial charge in [-0.1, -0.05) is 18.2 Å². The molecule has 12 heavy (non-hydrogen) atoms. The van der Waals surface area contributed by atoms with Gasteiger partial charge in [-0.05, 0) is 39.2 Å². The van der Waals surface area contributed by atoms with Crippen molar-refractivity contribution in [3.8, 4) is 0 Å². The Hall–Kier alpha value is -0.850. The Labute approximate surface area is 75.2 Å². The van der Waals surface area contributed by atoms with E-state index < -0.39 is 0 Å². The molecule has 1 nitrogen and oxygen atoms in total. The predicted octanol–water partition coefficient (Wildman–Crippen LogP) is 3.07. The van der Waals surface area contributed by atoms with Crippen molar-refractivity contribution in [2.24, 2.45) is 0 Å². The van der Waals surface area contributed by atoms with Crippen LogP contribution in [0.3, 0.4) is 0 Å². The highest BCUT2D eigenvalue weighted by Gasteiger charge is 1.93. The van der Waals surface area contributed by atoms with Gasteiger partial charge in [0.2, 0.25) is 0 Å². The van der Waals surface area contributed by atoms with Crippen molar-refractivity contribution in [2.75, 3.05) is 0 Å². The lowest BCUT2D eigenvalue weighted by molar-refractivity contribution is -0.114. The Morgan fingerprint density at radius 3 is 2.50 bits per heavy atom. The van der Waals surface area contributed by atoms with E-state index in [0.29, 0.717) is 6.42 Å². The molecule has 1 heteroatoms. The largest absolute Gasteiger partial charge is 0.295 e. The van der Waals surface area contributed by atoms with Gasteiger partial charge >= 0.3 is 0 Å². The monoisotopic (exact) mass is 165 g/mol. The minimum Gasteiger partial charge on any atom is -0.295 e. The summed E-state index contributed by atoms with van der Waals surface area (Å²) in [7, 11) is 0. The van der Waals surface area contributed by atoms with E-state index in [1.165, 1.54) is 5.57 Å². The fourth-order valence-electron chi connectivity index (χ4n) is 0.918. The zero-order valence-electron chi connectivity index (χ0n) is 7.97. The van der Waals surface area contributed by atoms with E-state index in [1.54, 1.807) is 0 Å². The molecular formula is C11H17O. The Balaban J connectivity index is 3.28. The lowest BCUT2D eigenvalue weighted by Gasteiger charge is -1.94. The smallest absolute Gasteiger partial charge is 0.155 e. The Morgan fingerprint density at radius 1 is 1.33 bits per heavy atom. The van der Waals surface area contributed by atoms with Crippen LogP contribution in [0, 0.1) is 6.58 Å². The van der Waals surface area contributed by atoms with Gasteiger partial charge in [-0.25, -0.2) is 0 Å². The summed E-state index contributed by atoms with van der Waals surface area (Å²) in [5.74, 6) is 0.0483. The third kappa shape index (κ3) is 7.26. The third-order valence-electron chi connectivity index (χ3n) is 1.62. The van der Waals surface area contributed by atoms with Crippen molar-refractivity contribution in [1.82, 2.24) is 0 Å². The van der Waals surface area contributed by atoms with Gasteiger partial charge in [0, 0.05) is 6.42 Å². The summed E-state index contributed by atoms with van der Waals surface area (Å²) in [6, 6.07) is 0. The molecule has 0 rings (SSSR count). The topological polar surface area (TPSA) is 17.1 Å². The molecule has 0 aliphatic carbocycles. The van der Waals surface area contributed by atoms with Gasteiger partial charge in [-0.15, -0.1) is 0 Å². The highest BCUT2D eigenvalue weighted by Crippen LogP contribution is 2.03. The molecule has 0 saturated heterocycles. The predicted molar refractivity (Wildman–Crippen MR) is 51.8 cm³/mol. The van der Waals surface area contributed by atoms with E-state index in [0.717, 1.165) is 25.3 Å². The number of carbonyl (C=O) groups excluding carboxylic acids is 1. The zero-order chi connectivity index (χ0) is 9.40. The molecule has 0 aliphatic rings. The van der Waals surface area contributed by atoms with Crippen molar-refractivity contribution >= 4 is 5.78 Å². The second-order valence-electron chi connectivity index (χ2n) is 3.16. The maximum Gasteiger partial charge on any atom is 0.155 e. The summed E-state index contributed by atoms with van der Waals surface area (Å²) < 4.78 is 0. The average Bonchev–Trinajstić information content (AvgIpc) is 2.03. The summed E-state index contributed by atoms with van der Waals surface area (Å²) in [4.78, 5) is 10.7. The first-order valence-electron chi connectivity index (χ1n) is 4.38. The van der Waals surface area contributed by atoms with E-state index in [2.05, 4.69) is 19.9 Å². The maximum atomic E-state index is 10.7. The number of hydrogen-bond acceptors (Lipinski definition) is 1. The van der Waals surface area contributed by atoms with Crippen LogP contribution in [-0.4, -0.2) is 5.78 Å². The first kappa shape index (κ1) is 11.2. The molecule has 0 amide bonds. The van der Waals surface area contributed by atoms with E-state index in [4.69, 9.17) is 6.58 Å². The normalized spacial score (nSPS) is 9.17. The van der Waals surface area contributed by atoms with Gasteiger partial charge in [-0.3, -0.25) is 4.79 Å². The second kappa shape index (κ2) is 6.84. The molecular weight excluding hydrogens is 148 g/mol. The molecule has 0 bridgehead atoms. The molecule has 0 saturated carbocycles. The molecule has 0 aromatic heterocycles. The lowest BCUT2D eigenvalue weighted by atomic mass is 10.1. The van der Waals surface area contributed by atoms with Crippen molar-refractivity contribution in [2.45, 2.75) is 39.5 Å². The molecule has 0 atom stereocenters. The summed E-state index contributed by atoms with van der Waals surface area (Å²) in [6.45, 7) is 9.21. The van der Waals surface area contributed by atoms with E-state index >= 15 is 0 Å². The SMILES string of the molecule is [CH]=CC(=O)CCCCC=C(C)C. The Bertz CT molecular complexity index is 173. The van der Waals surface area contributed by atoms with Crippen LogP contribution in [0.4, 0.5) is 0 Å². The highest BCUT2D eigenvalue weighted by molar-refractivity contribution is 5.88. The standard InChI is InChI=1S/C11H17O/c1-4-11(12)9-7-5-6-8-10(2)3/h1,4,8H,5-7,9H2,2-3H3. The lowest BCUT2D eigenvalue weighted by Crippen LogP contribution is -1.90. The fourth-order valence-corrected chi connectivity index (χ4v) is 0.918. The van der Waals surface area contributed by atoms with Gasteiger partial charge in [0.05, 0.1) is 0 Å². The number of carbonyl (C=O) groups is 1. The zero-order valence-corrected chi connectivity index (χ0v) is 7.97. The number of allylic oxidation sites excluding steroid dienone is 3. The van der Waals surface area contributed by atoms with Crippen LogP contribution < -0.4 is 0 Å². The van der Waals surface area contributed by atoms with Crippen LogP contribution in [0.5, 0.6) is 0 Å². The van der Waals surface area contributed by atoms with Crippen molar-refractivity contribution in [3.63, 3.8) is 0 Å². The number of hydrogen-bond donors (Lipinski definition) is 0. The molecule has 0 fully saturated rings. The average molecular weight is 165 g/mol. The summed E-state index contributed by atoms with van der Waals surface area (Å²) in [5, 5.41) is 0. The quantitative estimate of drug-likeness (QED) is 0.336. The highest BCUT2D eigenvalue weighted by atomic mass is 16.1. The van der Waals surface area contributed by atoms with E-state index in [-0.39, 0.29) is 5.78 Å². The first-order valence-corrected chi connectivity index (χ1v) is 4.38. The second-order valence-corrected chi connectivity index (χ2v) is 3.16. The molecule has 0 unspecified atom stereocenters. The number of rotatable bonds is 6. The van der Waals surface area contributed by atoms with E-state index in [1.807, 2.05) is 0 Å². The molecule has 0 aliphatic heterocycles. The van der Waals surface area contributed by atoms with Crippen LogP contribution in [-0.2, 0) is 4.79 Å². The minimum absolute atomic E-state index is 0.0483. The van der Waals surface area contributed by atoms with Crippen LogP contribution in [0.25, 0.3) is 0 Å².